The topological polar surface area (TPSA) is 51.8 Å². The minimum atomic E-state index is 0.0106. The Kier molecular flexibility index (Phi) is 4.49. The van der Waals surface area contributed by atoms with Gasteiger partial charge in [-0.05, 0) is 6.42 Å². The summed E-state index contributed by atoms with van der Waals surface area (Å²) in [4.78, 5) is 8.41. The van der Waals surface area contributed by atoms with Crippen LogP contribution >= 0.6 is 23.5 Å². The van der Waals surface area contributed by atoms with Crippen molar-refractivity contribution in [2.24, 2.45) is 5.73 Å². The maximum absolute atomic E-state index is 6.30. The van der Waals surface area contributed by atoms with Crippen LogP contribution in [-0.4, -0.2) is 32.0 Å². The van der Waals surface area contributed by atoms with Gasteiger partial charge in [0.15, 0.2) is 0 Å². The van der Waals surface area contributed by atoms with Crippen LogP contribution in [0.3, 0.4) is 0 Å². The lowest BCUT2D eigenvalue weighted by Crippen LogP contribution is -2.36. The van der Waals surface area contributed by atoms with Crippen molar-refractivity contribution in [1.29, 1.82) is 0 Å². The van der Waals surface area contributed by atoms with Gasteiger partial charge in [0.25, 0.3) is 0 Å². The highest BCUT2D eigenvalue weighted by Crippen LogP contribution is 2.38. The van der Waals surface area contributed by atoms with Crippen LogP contribution in [-0.2, 0) is 0 Å². The van der Waals surface area contributed by atoms with Crippen molar-refractivity contribution in [2.45, 2.75) is 29.9 Å². The van der Waals surface area contributed by atoms with Crippen molar-refractivity contribution in [1.82, 2.24) is 9.97 Å². The molecule has 16 heavy (non-hydrogen) atoms. The molecule has 0 aliphatic carbocycles. The van der Waals surface area contributed by atoms with Gasteiger partial charge in [-0.25, -0.2) is 0 Å². The van der Waals surface area contributed by atoms with Gasteiger partial charge in [0, 0.05) is 34.4 Å². The van der Waals surface area contributed by atoms with Crippen LogP contribution in [0.1, 0.15) is 25.1 Å². The van der Waals surface area contributed by atoms with Gasteiger partial charge in [-0.2, -0.15) is 23.5 Å². The molecular weight excluding hydrogens is 238 g/mol. The highest BCUT2D eigenvalue weighted by Gasteiger charge is 2.31. The minimum Gasteiger partial charge on any atom is -0.322 e. The first-order valence-corrected chi connectivity index (χ1v) is 7.67. The van der Waals surface area contributed by atoms with E-state index < -0.39 is 0 Å². The summed E-state index contributed by atoms with van der Waals surface area (Å²) in [6.07, 6.45) is 6.38. The molecule has 1 aromatic rings. The van der Waals surface area contributed by atoms with E-state index in [1.807, 2.05) is 23.5 Å². The van der Waals surface area contributed by atoms with Crippen LogP contribution < -0.4 is 5.73 Å². The largest absolute Gasteiger partial charge is 0.322 e. The first-order chi connectivity index (χ1) is 7.83. The van der Waals surface area contributed by atoms with E-state index in [4.69, 9.17) is 5.73 Å². The van der Waals surface area contributed by atoms with Gasteiger partial charge in [-0.3, -0.25) is 9.97 Å². The van der Waals surface area contributed by atoms with Gasteiger partial charge in [-0.1, -0.05) is 6.92 Å². The number of aromatic nitrogens is 2. The fraction of sp³-hybridized carbons (Fsp3) is 0.636. The minimum absolute atomic E-state index is 0.0106. The third-order valence-corrected chi connectivity index (χ3v) is 6.14. The Morgan fingerprint density at radius 1 is 1.44 bits per heavy atom. The quantitative estimate of drug-likeness (QED) is 0.896. The van der Waals surface area contributed by atoms with E-state index in [0.29, 0.717) is 10.5 Å². The lowest BCUT2D eigenvalue weighted by atomic mass is 10.1. The molecular formula is C11H17N3S2. The molecule has 88 valence electrons. The van der Waals surface area contributed by atoms with Gasteiger partial charge in [0.2, 0.25) is 0 Å². The number of thioether (sulfide) groups is 2. The summed E-state index contributed by atoms with van der Waals surface area (Å²) < 4.78 is 0. The van der Waals surface area contributed by atoms with E-state index in [1.54, 1.807) is 18.6 Å². The van der Waals surface area contributed by atoms with Gasteiger partial charge in [0.05, 0.1) is 17.9 Å². The lowest BCUT2D eigenvalue weighted by Gasteiger charge is -2.33. The molecule has 0 aromatic carbocycles. The van der Waals surface area contributed by atoms with E-state index in [-0.39, 0.29) is 6.04 Å². The molecule has 5 heteroatoms. The second kappa shape index (κ2) is 5.89. The molecule has 0 spiro atoms. The molecule has 2 heterocycles. The van der Waals surface area contributed by atoms with Crippen molar-refractivity contribution in [3.05, 3.63) is 24.3 Å². The third-order valence-electron chi connectivity index (χ3n) is 2.77. The van der Waals surface area contributed by atoms with Crippen LogP contribution in [0.15, 0.2) is 18.6 Å². The maximum atomic E-state index is 6.30. The normalized spacial score (nSPS) is 27.6. The van der Waals surface area contributed by atoms with E-state index in [1.165, 1.54) is 17.9 Å². The summed E-state index contributed by atoms with van der Waals surface area (Å²) in [5.74, 6) is 2.44. The molecule has 0 saturated carbocycles. The molecule has 0 amide bonds. The standard InChI is InChI=1S/C11H17N3S2/c1-2-9-11(16-6-5-15-9)10(12)8-7-13-3-4-14-8/h3-4,7,9-11H,2,5-6,12H2,1H3. The van der Waals surface area contributed by atoms with Crippen LogP contribution in [0.25, 0.3) is 0 Å². The smallest absolute Gasteiger partial charge is 0.0765 e. The first kappa shape index (κ1) is 12.2. The zero-order valence-corrected chi connectivity index (χ0v) is 11.0. The predicted octanol–water partition coefficient (Wildman–Crippen LogP) is 2.10. The summed E-state index contributed by atoms with van der Waals surface area (Å²) >= 11 is 4.03. The van der Waals surface area contributed by atoms with E-state index in [0.717, 1.165) is 5.69 Å². The van der Waals surface area contributed by atoms with Gasteiger partial charge in [-0.15, -0.1) is 0 Å². The molecule has 1 saturated heterocycles. The Balaban J connectivity index is 2.10. The SMILES string of the molecule is CCC1SCCSC1C(N)c1cnccn1. The van der Waals surface area contributed by atoms with Crippen molar-refractivity contribution < 1.29 is 0 Å². The van der Waals surface area contributed by atoms with E-state index in [2.05, 4.69) is 16.9 Å². The molecule has 3 nitrogen and oxygen atoms in total. The lowest BCUT2D eigenvalue weighted by molar-refractivity contribution is 0.613. The molecule has 1 aliphatic heterocycles. The molecule has 0 radical (unpaired) electrons. The van der Waals surface area contributed by atoms with E-state index in [9.17, 15) is 0 Å². The fourth-order valence-corrected chi connectivity index (χ4v) is 5.09. The molecule has 2 N–H and O–H groups in total. The second-order valence-corrected chi connectivity index (χ2v) is 6.44. The molecule has 1 aliphatic rings. The Morgan fingerprint density at radius 3 is 2.94 bits per heavy atom. The first-order valence-electron chi connectivity index (χ1n) is 5.57. The Bertz CT molecular complexity index is 320. The molecule has 1 aromatic heterocycles. The molecule has 3 atom stereocenters. The summed E-state index contributed by atoms with van der Waals surface area (Å²) in [5, 5.41) is 1.12. The fourth-order valence-electron chi connectivity index (χ4n) is 1.92. The average Bonchev–Trinajstić information content (AvgIpc) is 2.39. The number of nitrogens with zero attached hydrogens (tertiary/aromatic N) is 2. The second-order valence-electron chi connectivity index (χ2n) is 3.81. The zero-order valence-electron chi connectivity index (χ0n) is 9.37. The van der Waals surface area contributed by atoms with Crippen molar-refractivity contribution in [3.8, 4) is 0 Å². The van der Waals surface area contributed by atoms with Crippen molar-refractivity contribution in [2.75, 3.05) is 11.5 Å². The highest BCUT2D eigenvalue weighted by molar-refractivity contribution is 8.07. The van der Waals surface area contributed by atoms with Gasteiger partial charge >= 0.3 is 0 Å². The number of hydrogen-bond acceptors (Lipinski definition) is 5. The Morgan fingerprint density at radius 2 is 2.25 bits per heavy atom. The summed E-state index contributed by atoms with van der Waals surface area (Å²) in [6.45, 7) is 2.24. The third kappa shape index (κ3) is 2.70. The number of rotatable bonds is 3. The Labute approximate surface area is 105 Å². The molecule has 0 bridgehead atoms. The monoisotopic (exact) mass is 255 g/mol. The highest BCUT2D eigenvalue weighted by atomic mass is 32.2. The maximum Gasteiger partial charge on any atom is 0.0765 e. The van der Waals surface area contributed by atoms with Crippen molar-refractivity contribution in [3.63, 3.8) is 0 Å². The molecule has 3 unspecified atom stereocenters. The van der Waals surface area contributed by atoms with Crippen LogP contribution in [0.5, 0.6) is 0 Å². The predicted molar refractivity (Wildman–Crippen MR) is 71.7 cm³/mol. The summed E-state index contributed by atoms with van der Waals surface area (Å²) in [5.41, 5.74) is 7.22. The van der Waals surface area contributed by atoms with E-state index >= 15 is 0 Å². The van der Waals surface area contributed by atoms with Gasteiger partial charge < -0.3 is 5.73 Å². The average molecular weight is 255 g/mol. The van der Waals surface area contributed by atoms with Crippen LogP contribution in [0, 0.1) is 0 Å². The Hall–Kier alpha value is -0.260. The zero-order chi connectivity index (χ0) is 11.4. The molecule has 2 rings (SSSR count). The van der Waals surface area contributed by atoms with Crippen LogP contribution in [0.2, 0.25) is 0 Å². The van der Waals surface area contributed by atoms with Gasteiger partial charge in [0.1, 0.15) is 0 Å². The van der Waals surface area contributed by atoms with Crippen LogP contribution in [0.4, 0.5) is 0 Å². The summed E-state index contributed by atoms with van der Waals surface area (Å²) in [7, 11) is 0. The van der Waals surface area contributed by atoms with Crippen molar-refractivity contribution >= 4 is 23.5 Å². The number of nitrogens with two attached hydrogens (primary N) is 1. The summed E-state index contributed by atoms with van der Waals surface area (Å²) in [6, 6.07) is 0.0106. The number of hydrogen-bond donors (Lipinski definition) is 1. The molecule has 1 fully saturated rings.